The number of hydrogen-bond acceptors (Lipinski definition) is 3. The van der Waals surface area contributed by atoms with Gasteiger partial charge in [-0.15, -0.1) is 0 Å². The molecule has 0 saturated carbocycles. The van der Waals surface area contributed by atoms with E-state index in [0.29, 0.717) is 5.56 Å². The first kappa shape index (κ1) is 12.0. The van der Waals surface area contributed by atoms with Gasteiger partial charge >= 0.3 is 6.09 Å². The molecule has 1 aromatic rings. The minimum Gasteiger partial charge on any atom is -0.453 e. The minimum absolute atomic E-state index is 0.295. The van der Waals surface area contributed by atoms with Crippen LogP contribution in [0.15, 0.2) is 30.3 Å². The summed E-state index contributed by atoms with van der Waals surface area (Å²) in [5, 5.41) is 4.94. The van der Waals surface area contributed by atoms with Gasteiger partial charge in [0.1, 0.15) is 6.04 Å². The fourth-order valence-electron chi connectivity index (χ4n) is 1.27. The Kier molecular flexibility index (Phi) is 4.32. The molecule has 0 unspecified atom stereocenters. The summed E-state index contributed by atoms with van der Waals surface area (Å²) < 4.78 is 4.47. The van der Waals surface area contributed by atoms with Crippen LogP contribution in [0.1, 0.15) is 11.6 Å². The van der Waals surface area contributed by atoms with Crippen molar-refractivity contribution in [2.45, 2.75) is 6.04 Å². The quantitative estimate of drug-likeness (QED) is 0.796. The monoisotopic (exact) mass is 222 g/mol. The summed E-state index contributed by atoms with van der Waals surface area (Å²) in [4.78, 5) is 22.7. The summed E-state index contributed by atoms with van der Waals surface area (Å²) in [6.45, 7) is 0. The summed E-state index contributed by atoms with van der Waals surface area (Å²) in [6, 6.07) is 8.21. The second kappa shape index (κ2) is 5.75. The fraction of sp³-hybridized carbons (Fsp3) is 0.273. The molecule has 0 radical (unpaired) electrons. The van der Waals surface area contributed by atoms with E-state index < -0.39 is 12.1 Å². The topological polar surface area (TPSA) is 67.4 Å². The average Bonchev–Trinajstić information content (AvgIpc) is 2.35. The summed E-state index contributed by atoms with van der Waals surface area (Å²) in [5.41, 5.74) is 0.701. The van der Waals surface area contributed by atoms with Gasteiger partial charge in [-0.05, 0) is 5.56 Å². The van der Waals surface area contributed by atoms with Crippen molar-refractivity contribution in [3.63, 3.8) is 0 Å². The van der Waals surface area contributed by atoms with Gasteiger partial charge in [-0.1, -0.05) is 30.3 Å². The van der Waals surface area contributed by atoms with Crippen LogP contribution < -0.4 is 10.6 Å². The predicted molar refractivity (Wildman–Crippen MR) is 58.8 cm³/mol. The van der Waals surface area contributed by atoms with Crippen LogP contribution in [0, 0.1) is 0 Å². The standard InChI is InChI=1S/C11H14N2O3/c1-12-10(14)9(13-11(15)16-2)8-6-4-3-5-7-8/h3-7,9H,1-2H3,(H,12,14)(H,13,15)/t9-/m1/s1. The third-order valence-corrected chi connectivity index (χ3v) is 2.09. The lowest BCUT2D eigenvalue weighted by Crippen LogP contribution is -2.38. The number of carbonyl (C=O) groups is 2. The van der Waals surface area contributed by atoms with Crippen molar-refractivity contribution in [3.8, 4) is 0 Å². The van der Waals surface area contributed by atoms with Crippen molar-refractivity contribution in [1.82, 2.24) is 10.6 Å². The molecule has 5 nitrogen and oxygen atoms in total. The Labute approximate surface area is 93.8 Å². The molecule has 5 heteroatoms. The summed E-state index contributed by atoms with van der Waals surface area (Å²) in [6.07, 6.45) is -0.641. The van der Waals surface area contributed by atoms with E-state index in [-0.39, 0.29) is 5.91 Å². The highest BCUT2D eigenvalue weighted by molar-refractivity contribution is 5.86. The summed E-state index contributed by atoms with van der Waals surface area (Å²) >= 11 is 0. The Bertz CT molecular complexity index is 365. The van der Waals surface area contributed by atoms with Crippen LogP contribution in [0.5, 0.6) is 0 Å². The molecule has 0 heterocycles. The van der Waals surface area contributed by atoms with E-state index in [2.05, 4.69) is 15.4 Å². The molecule has 0 saturated heterocycles. The summed E-state index contributed by atoms with van der Waals surface area (Å²) in [5.74, 6) is -0.295. The molecule has 0 aromatic heterocycles. The first-order valence-corrected chi connectivity index (χ1v) is 4.80. The molecule has 1 rings (SSSR count). The number of benzene rings is 1. The molecule has 0 aliphatic carbocycles. The zero-order chi connectivity index (χ0) is 12.0. The van der Waals surface area contributed by atoms with E-state index in [1.165, 1.54) is 14.2 Å². The van der Waals surface area contributed by atoms with Crippen LogP contribution in [-0.4, -0.2) is 26.2 Å². The van der Waals surface area contributed by atoms with Crippen molar-refractivity contribution < 1.29 is 14.3 Å². The van der Waals surface area contributed by atoms with Crippen molar-refractivity contribution in [2.24, 2.45) is 0 Å². The van der Waals surface area contributed by atoms with Crippen molar-refractivity contribution in [2.75, 3.05) is 14.2 Å². The van der Waals surface area contributed by atoms with Crippen molar-refractivity contribution >= 4 is 12.0 Å². The number of likely N-dealkylation sites (N-methyl/N-ethyl adjacent to an activating group) is 1. The smallest absolute Gasteiger partial charge is 0.407 e. The molecular weight excluding hydrogens is 208 g/mol. The molecule has 0 aliphatic heterocycles. The second-order valence-corrected chi connectivity index (χ2v) is 3.09. The molecule has 0 bridgehead atoms. The van der Waals surface area contributed by atoms with Crippen LogP contribution >= 0.6 is 0 Å². The first-order valence-electron chi connectivity index (χ1n) is 4.80. The van der Waals surface area contributed by atoms with E-state index >= 15 is 0 Å². The lowest BCUT2D eigenvalue weighted by Gasteiger charge is -2.16. The van der Waals surface area contributed by atoms with E-state index in [1.807, 2.05) is 6.07 Å². The van der Waals surface area contributed by atoms with Gasteiger partial charge in [0.15, 0.2) is 0 Å². The van der Waals surface area contributed by atoms with Crippen LogP contribution in [0.4, 0.5) is 4.79 Å². The predicted octanol–water partition coefficient (Wildman–Crippen LogP) is 0.830. The van der Waals surface area contributed by atoms with Crippen LogP contribution in [0.3, 0.4) is 0 Å². The molecule has 86 valence electrons. The van der Waals surface area contributed by atoms with Crippen LogP contribution in [0.2, 0.25) is 0 Å². The number of hydrogen-bond donors (Lipinski definition) is 2. The Balaban J connectivity index is 2.88. The maximum absolute atomic E-state index is 11.6. The van der Waals surface area contributed by atoms with Crippen molar-refractivity contribution in [1.29, 1.82) is 0 Å². The van der Waals surface area contributed by atoms with Gasteiger partial charge in [0.2, 0.25) is 5.91 Å². The van der Waals surface area contributed by atoms with Gasteiger partial charge in [0.25, 0.3) is 0 Å². The number of nitrogens with one attached hydrogen (secondary N) is 2. The number of alkyl carbamates (subject to hydrolysis) is 1. The maximum atomic E-state index is 11.6. The highest BCUT2D eigenvalue weighted by atomic mass is 16.5. The summed E-state index contributed by atoms with van der Waals surface area (Å²) in [7, 11) is 2.76. The number of carbonyl (C=O) groups excluding carboxylic acids is 2. The zero-order valence-corrected chi connectivity index (χ0v) is 9.19. The number of ether oxygens (including phenoxy) is 1. The van der Waals surface area contributed by atoms with Gasteiger partial charge in [0, 0.05) is 7.05 Å². The van der Waals surface area contributed by atoms with E-state index in [0.717, 1.165) is 0 Å². The zero-order valence-electron chi connectivity index (χ0n) is 9.19. The number of methoxy groups -OCH3 is 1. The molecular formula is C11H14N2O3. The Morgan fingerprint density at radius 3 is 2.38 bits per heavy atom. The highest BCUT2D eigenvalue weighted by Crippen LogP contribution is 2.12. The fourth-order valence-corrected chi connectivity index (χ4v) is 1.27. The third kappa shape index (κ3) is 2.98. The average molecular weight is 222 g/mol. The molecule has 2 N–H and O–H groups in total. The Morgan fingerprint density at radius 2 is 1.88 bits per heavy atom. The van der Waals surface area contributed by atoms with E-state index in [4.69, 9.17) is 0 Å². The Hall–Kier alpha value is -2.04. The van der Waals surface area contributed by atoms with Gasteiger partial charge in [0.05, 0.1) is 7.11 Å². The molecule has 0 aliphatic rings. The van der Waals surface area contributed by atoms with Crippen LogP contribution in [0.25, 0.3) is 0 Å². The van der Waals surface area contributed by atoms with Gasteiger partial charge in [-0.2, -0.15) is 0 Å². The highest BCUT2D eigenvalue weighted by Gasteiger charge is 2.21. The third-order valence-electron chi connectivity index (χ3n) is 2.09. The molecule has 1 aromatic carbocycles. The van der Waals surface area contributed by atoms with Gasteiger partial charge in [-0.3, -0.25) is 4.79 Å². The maximum Gasteiger partial charge on any atom is 0.407 e. The Morgan fingerprint density at radius 1 is 1.25 bits per heavy atom. The number of rotatable bonds is 3. The first-order chi connectivity index (χ1) is 7.69. The number of amides is 2. The van der Waals surface area contributed by atoms with Gasteiger partial charge in [-0.25, -0.2) is 4.79 Å². The molecule has 0 spiro atoms. The van der Waals surface area contributed by atoms with Crippen LogP contribution in [-0.2, 0) is 9.53 Å². The van der Waals surface area contributed by atoms with Crippen molar-refractivity contribution in [3.05, 3.63) is 35.9 Å². The van der Waals surface area contributed by atoms with E-state index in [9.17, 15) is 9.59 Å². The van der Waals surface area contributed by atoms with E-state index in [1.54, 1.807) is 24.3 Å². The second-order valence-electron chi connectivity index (χ2n) is 3.09. The molecule has 16 heavy (non-hydrogen) atoms. The van der Waals surface area contributed by atoms with Gasteiger partial charge < -0.3 is 15.4 Å². The largest absolute Gasteiger partial charge is 0.453 e. The molecule has 2 amide bonds. The molecule has 1 atom stereocenters. The lowest BCUT2D eigenvalue weighted by molar-refractivity contribution is -0.122. The lowest BCUT2D eigenvalue weighted by atomic mass is 10.1. The minimum atomic E-state index is -0.737. The SMILES string of the molecule is CNC(=O)[C@H](NC(=O)OC)c1ccccc1. The molecule has 0 fully saturated rings. The normalized spacial score (nSPS) is 11.4.